The quantitative estimate of drug-likeness (QED) is 0.0559. The van der Waals surface area contributed by atoms with Crippen molar-refractivity contribution < 1.29 is 24.2 Å². The third kappa shape index (κ3) is 6.62. The number of anilines is 1. The molecule has 5 aromatic rings. The number of hydrogen-bond donors (Lipinski definition) is 1. The Kier molecular flexibility index (Phi) is 8.95. The van der Waals surface area contributed by atoms with E-state index in [2.05, 4.69) is 34.5 Å². The fourth-order valence-electron chi connectivity index (χ4n) is 4.95. The van der Waals surface area contributed by atoms with E-state index in [9.17, 15) is 14.7 Å². The van der Waals surface area contributed by atoms with Crippen molar-refractivity contribution in [1.82, 2.24) is 10.2 Å². The van der Waals surface area contributed by atoms with Gasteiger partial charge in [-0.05, 0) is 60.0 Å². The highest BCUT2D eigenvalue weighted by molar-refractivity contribution is 8.00. The third-order valence-electron chi connectivity index (χ3n) is 7.31. The molecule has 0 saturated carbocycles. The molecule has 1 unspecified atom stereocenters. The number of carbonyl (C=O) groups excluding carboxylic acids is 2. The molecule has 2 heterocycles. The fourth-order valence-corrected chi connectivity index (χ4v) is 6.78. The van der Waals surface area contributed by atoms with Crippen LogP contribution in [0.4, 0.5) is 5.13 Å². The molecule has 4 aromatic carbocycles. The van der Waals surface area contributed by atoms with E-state index < -0.39 is 17.7 Å². The highest BCUT2D eigenvalue weighted by Gasteiger charge is 2.48. The van der Waals surface area contributed by atoms with Gasteiger partial charge < -0.3 is 14.6 Å². The molecule has 0 spiro atoms. The van der Waals surface area contributed by atoms with Gasteiger partial charge in [-0.15, -0.1) is 10.2 Å². The van der Waals surface area contributed by atoms with Crippen LogP contribution in [0.15, 0.2) is 113 Å². The van der Waals surface area contributed by atoms with Crippen molar-refractivity contribution >= 4 is 45.7 Å². The number of aliphatic hydroxyl groups excluding tert-OH is 1. The topological polar surface area (TPSA) is 102 Å². The average molecular weight is 636 g/mol. The normalized spacial score (nSPS) is 15.8. The van der Waals surface area contributed by atoms with E-state index in [1.165, 1.54) is 33.6 Å². The summed E-state index contributed by atoms with van der Waals surface area (Å²) in [5.41, 5.74) is 4.23. The minimum Gasteiger partial charge on any atom is -0.507 e. The SMILES string of the molecule is COc1ccc(/C(O)=C2\C(=O)C(=O)N(c3nnc(SCc4ccc(C)cc4)s3)C2c2cccc(OCc3ccccc3)c2)cc1. The van der Waals surface area contributed by atoms with Crippen molar-refractivity contribution in [3.8, 4) is 11.5 Å². The summed E-state index contributed by atoms with van der Waals surface area (Å²) in [4.78, 5) is 28.6. The molecule has 1 atom stereocenters. The van der Waals surface area contributed by atoms with Crippen molar-refractivity contribution in [3.63, 3.8) is 0 Å². The largest absolute Gasteiger partial charge is 0.507 e. The first-order valence-corrected chi connectivity index (χ1v) is 16.0. The maximum atomic E-state index is 13.7. The van der Waals surface area contributed by atoms with E-state index in [0.717, 1.165) is 11.1 Å². The van der Waals surface area contributed by atoms with E-state index in [4.69, 9.17) is 9.47 Å². The van der Waals surface area contributed by atoms with E-state index in [-0.39, 0.29) is 16.5 Å². The summed E-state index contributed by atoms with van der Waals surface area (Å²) in [7, 11) is 1.54. The van der Waals surface area contributed by atoms with Gasteiger partial charge in [0.15, 0.2) is 4.34 Å². The Morgan fingerprint density at radius 2 is 1.64 bits per heavy atom. The number of methoxy groups -OCH3 is 1. The molecule has 1 aromatic heterocycles. The number of thioether (sulfide) groups is 1. The van der Waals surface area contributed by atoms with Gasteiger partial charge in [0.2, 0.25) is 5.13 Å². The summed E-state index contributed by atoms with van der Waals surface area (Å²) in [5, 5.41) is 20.4. The van der Waals surface area contributed by atoms with Crippen LogP contribution in [0, 0.1) is 6.92 Å². The second-order valence-corrected chi connectivity index (χ2v) is 12.5. The second kappa shape index (κ2) is 13.4. The minimum atomic E-state index is -0.963. The number of amides is 1. The highest BCUT2D eigenvalue weighted by Crippen LogP contribution is 2.44. The third-order valence-corrected chi connectivity index (χ3v) is 9.44. The van der Waals surface area contributed by atoms with Gasteiger partial charge in [-0.2, -0.15) is 0 Å². The van der Waals surface area contributed by atoms with Crippen molar-refractivity contribution in [3.05, 3.63) is 137 Å². The Morgan fingerprint density at radius 3 is 2.38 bits per heavy atom. The number of aliphatic hydroxyl groups is 1. The maximum Gasteiger partial charge on any atom is 0.301 e. The molecule has 1 N–H and O–H groups in total. The van der Waals surface area contributed by atoms with E-state index in [1.54, 1.807) is 49.6 Å². The smallest absolute Gasteiger partial charge is 0.301 e. The zero-order valence-electron chi connectivity index (χ0n) is 24.5. The van der Waals surface area contributed by atoms with Crippen LogP contribution >= 0.6 is 23.1 Å². The van der Waals surface area contributed by atoms with Gasteiger partial charge >= 0.3 is 5.91 Å². The lowest BCUT2D eigenvalue weighted by Crippen LogP contribution is -2.29. The number of Topliss-reactive ketones (excluding diaryl/α,β-unsaturated/α-hetero) is 1. The van der Waals surface area contributed by atoms with Gasteiger partial charge in [0.1, 0.15) is 23.9 Å². The molecule has 1 fully saturated rings. The Morgan fingerprint density at radius 1 is 0.889 bits per heavy atom. The Bertz CT molecular complexity index is 1850. The number of aromatic nitrogens is 2. The number of carbonyl (C=O) groups is 2. The van der Waals surface area contributed by atoms with Crippen LogP contribution in [0.5, 0.6) is 11.5 Å². The number of nitrogens with zero attached hydrogens (tertiary/aromatic N) is 3. The standard InChI is InChI=1S/C35H29N3O5S2/c1-22-11-13-24(14-12-22)21-44-35-37-36-34(45-35)38-30(26-9-6-10-28(19-26)43-20-23-7-4-3-5-8-23)29(32(40)33(38)41)31(39)25-15-17-27(42-2)18-16-25/h3-19,30,39H,20-21H2,1-2H3/b31-29+. The van der Waals surface area contributed by atoms with Crippen LogP contribution < -0.4 is 14.4 Å². The Balaban J connectivity index is 1.36. The molecule has 8 nitrogen and oxygen atoms in total. The highest BCUT2D eigenvalue weighted by atomic mass is 32.2. The van der Waals surface area contributed by atoms with E-state index >= 15 is 0 Å². The summed E-state index contributed by atoms with van der Waals surface area (Å²) in [6, 6.07) is 30.9. The van der Waals surface area contributed by atoms with Crippen LogP contribution in [-0.2, 0) is 21.9 Å². The monoisotopic (exact) mass is 635 g/mol. The van der Waals surface area contributed by atoms with Crippen LogP contribution in [0.25, 0.3) is 5.76 Å². The van der Waals surface area contributed by atoms with Crippen molar-refractivity contribution in [1.29, 1.82) is 0 Å². The average Bonchev–Trinajstić information content (AvgIpc) is 3.65. The zero-order chi connectivity index (χ0) is 31.3. The lowest BCUT2D eigenvalue weighted by atomic mass is 9.95. The molecule has 1 aliphatic heterocycles. The van der Waals surface area contributed by atoms with Gasteiger partial charge in [0.05, 0.1) is 18.7 Å². The first kappa shape index (κ1) is 30.1. The molecule has 45 heavy (non-hydrogen) atoms. The molecule has 1 amide bonds. The van der Waals surface area contributed by atoms with Gasteiger partial charge in [-0.3, -0.25) is 14.5 Å². The molecule has 6 rings (SSSR count). The van der Waals surface area contributed by atoms with Gasteiger partial charge in [0, 0.05) is 11.3 Å². The van der Waals surface area contributed by atoms with Gasteiger partial charge in [-0.1, -0.05) is 95.4 Å². The predicted molar refractivity (Wildman–Crippen MR) is 176 cm³/mol. The molecule has 1 aliphatic rings. The van der Waals surface area contributed by atoms with E-state index in [0.29, 0.717) is 39.3 Å². The maximum absolute atomic E-state index is 13.7. The molecular formula is C35H29N3O5S2. The summed E-state index contributed by atoms with van der Waals surface area (Å²) in [6.45, 7) is 2.38. The number of ketones is 1. The molecule has 226 valence electrons. The number of benzene rings is 4. The van der Waals surface area contributed by atoms with E-state index in [1.807, 2.05) is 43.3 Å². The lowest BCUT2D eigenvalue weighted by Gasteiger charge is -2.23. The number of rotatable bonds is 10. The molecule has 0 bridgehead atoms. The first-order valence-electron chi connectivity index (χ1n) is 14.1. The van der Waals surface area contributed by atoms with Gasteiger partial charge in [0.25, 0.3) is 5.78 Å². The molecule has 0 aliphatic carbocycles. The predicted octanol–water partition coefficient (Wildman–Crippen LogP) is 7.35. The number of hydrogen-bond acceptors (Lipinski definition) is 9. The summed E-state index contributed by atoms with van der Waals surface area (Å²) >= 11 is 2.73. The second-order valence-electron chi connectivity index (χ2n) is 10.4. The van der Waals surface area contributed by atoms with Crippen molar-refractivity contribution in [2.75, 3.05) is 12.0 Å². The zero-order valence-corrected chi connectivity index (χ0v) is 26.2. The summed E-state index contributed by atoms with van der Waals surface area (Å²) in [6.07, 6.45) is 0. The van der Waals surface area contributed by atoms with Crippen LogP contribution in [0.3, 0.4) is 0 Å². The lowest BCUT2D eigenvalue weighted by molar-refractivity contribution is -0.132. The van der Waals surface area contributed by atoms with Crippen molar-refractivity contribution in [2.45, 2.75) is 29.7 Å². The number of ether oxygens (including phenoxy) is 2. The fraction of sp³-hybridized carbons (Fsp3) is 0.143. The summed E-state index contributed by atoms with van der Waals surface area (Å²) in [5.74, 6) is -0.0769. The molecule has 0 radical (unpaired) electrons. The van der Waals surface area contributed by atoms with Crippen LogP contribution in [0.2, 0.25) is 0 Å². The van der Waals surface area contributed by atoms with Crippen LogP contribution in [0.1, 0.15) is 33.9 Å². The molecular weight excluding hydrogens is 607 g/mol. The Hall–Kier alpha value is -4.93. The number of aryl methyl sites for hydroxylation is 1. The van der Waals surface area contributed by atoms with Gasteiger partial charge in [-0.25, -0.2) is 0 Å². The molecule has 10 heteroatoms. The van der Waals surface area contributed by atoms with Crippen LogP contribution in [-0.4, -0.2) is 34.1 Å². The first-order chi connectivity index (χ1) is 21.9. The minimum absolute atomic E-state index is 0.0468. The molecule has 1 saturated heterocycles. The summed E-state index contributed by atoms with van der Waals surface area (Å²) < 4.78 is 12.0. The van der Waals surface area contributed by atoms with Crippen molar-refractivity contribution in [2.24, 2.45) is 0 Å². The Labute approximate surface area is 269 Å².